The second kappa shape index (κ2) is 6.87. The Labute approximate surface area is 187 Å². The summed E-state index contributed by atoms with van der Waals surface area (Å²) < 4.78 is 7.01. The molecule has 1 aliphatic rings. The number of para-hydroxylation sites is 1. The van der Waals surface area contributed by atoms with E-state index in [0.29, 0.717) is 21.7 Å². The zero-order valence-corrected chi connectivity index (χ0v) is 18.3. The first-order valence-corrected chi connectivity index (χ1v) is 11.2. The average molecular weight is 439 g/mol. The van der Waals surface area contributed by atoms with Gasteiger partial charge in [-0.3, -0.25) is 14.5 Å². The molecule has 3 aromatic carbocycles. The molecule has 1 unspecified atom stereocenters. The van der Waals surface area contributed by atoms with E-state index in [-0.39, 0.29) is 17.1 Å². The van der Waals surface area contributed by atoms with Crippen LogP contribution in [0.15, 0.2) is 75.9 Å². The lowest BCUT2D eigenvalue weighted by Crippen LogP contribution is -2.29. The molecule has 0 fully saturated rings. The number of rotatable bonds is 2. The number of carbonyl (C=O) groups excluding carboxylic acids is 1. The van der Waals surface area contributed by atoms with Gasteiger partial charge in [-0.25, -0.2) is 4.98 Å². The molecule has 32 heavy (non-hydrogen) atoms. The smallest absolute Gasteiger partial charge is 0.297 e. The van der Waals surface area contributed by atoms with E-state index in [4.69, 9.17) is 9.40 Å². The summed E-state index contributed by atoms with van der Waals surface area (Å²) in [4.78, 5) is 33.6. The topological polar surface area (TPSA) is 63.4 Å². The SMILES string of the molecule is Cc1cc(C)c2nc(N3C(=O)c4oc5ccccc5c(=O)c4C3c3ccccc3)sc2c1. The van der Waals surface area contributed by atoms with Gasteiger partial charge in [-0.2, -0.15) is 0 Å². The van der Waals surface area contributed by atoms with E-state index >= 15 is 0 Å². The van der Waals surface area contributed by atoms with Crippen LogP contribution >= 0.6 is 11.3 Å². The van der Waals surface area contributed by atoms with Crippen molar-refractivity contribution in [2.75, 3.05) is 4.90 Å². The van der Waals surface area contributed by atoms with Gasteiger partial charge in [0.05, 0.1) is 27.2 Å². The number of carbonyl (C=O) groups is 1. The molecule has 0 saturated heterocycles. The predicted molar refractivity (Wildman–Crippen MR) is 127 cm³/mol. The van der Waals surface area contributed by atoms with Crippen molar-refractivity contribution >= 4 is 43.6 Å². The predicted octanol–water partition coefficient (Wildman–Crippen LogP) is 5.77. The molecule has 1 amide bonds. The van der Waals surface area contributed by atoms with E-state index in [1.165, 1.54) is 11.3 Å². The van der Waals surface area contributed by atoms with E-state index < -0.39 is 6.04 Å². The van der Waals surface area contributed by atoms with E-state index in [1.54, 1.807) is 29.2 Å². The maximum Gasteiger partial charge on any atom is 0.297 e. The summed E-state index contributed by atoms with van der Waals surface area (Å²) in [6, 6.07) is 20.2. The number of aryl methyl sites for hydroxylation is 2. The molecule has 3 heterocycles. The van der Waals surface area contributed by atoms with Gasteiger partial charge < -0.3 is 4.42 Å². The van der Waals surface area contributed by atoms with Crippen molar-refractivity contribution in [3.05, 3.63) is 105 Å². The summed E-state index contributed by atoms with van der Waals surface area (Å²) in [5.74, 6) is -0.250. The minimum absolute atomic E-state index is 0.0923. The third-order valence-corrected chi connectivity index (χ3v) is 6.92. The minimum Gasteiger partial charge on any atom is -0.450 e. The Morgan fingerprint density at radius 1 is 0.969 bits per heavy atom. The maximum absolute atomic E-state index is 13.7. The van der Waals surface area contributed by atoms with Gasteiger partial charge >= 0.3 is 0 Å². The first-order valence-electron chi connectivity index (χ1n) is 10.3. The van der Waals surface area contributed by atoms with Crippen molar-refractivity contribution in [3.8, 4) is 0 Å². The Hall–Kier alpha value is -3.77. The van der Waals surface area contributed by atoms with Crippen LogP contribution in [0.5, 0.6) is 0 Å². The largest absolute Gasteiger partial charge is 0.450 e. The fraction of sp³-hybridized carbons (Fsp3) is 0.115. The molecule has 0 bridgehead atoms. The molecule has 0 aliphatic carbocycles. The zero-order valence-electron chi connectivity index (χ0n) is 17.5. The summed E-state index contributed by atoms with van der Waals surface area (Å²) in [6.45, 7) is 4.06. The van der Waals surface area contributed by atoms with Crippen LogP contribution in [0.3, 0.4) is 0 Å². The molecule has 0 spiro atoms. The molecule has 6 heteroatoms. The monoisotopic (exact) mass is 438 g/mol. The number of thiazole rings is 1. The van der Waals surface area contributed by atoms with E-state index in [0.717, 1.165) is 26.9 Å². The molecule has 2 aromatic heterocycles. The molecule has 0 saturated carbocycles. The fourth-order valence-electron chi connectivity index (χ4n) is 4.53. The van der Waals surface area contributed by atoms with Gasteiger partial charge in [0.2, 0.25) is 5.76 Å². The Bertz CT molecular complexity index is 1600. The van der Waals surface area contributed by atoms with Crippen molar-refractivity contribution in [3.63, 3.8) is 0 Å². The lowest BCUT2D eigenvalue weighted by Gasteiger charge is -2.22. The molecule has 156 valence electrons. The van der Waals surface area contributed by atoms with Crippen LogP contribution in [0, 0.1) is 13.8 Å². The zero-order chi connectivity index (χ0) is 22.0. The quantitative estimate of drug-likeness (QED) is 0.351. The van der Waals surface area contributed by atoms with Crippen LogP contribution in [0.2, 0.25) is 0 Å². The standard InChI is InChI=1S/C26H18N2O3S/c1-14-12-15(2)21-19(13-14)32-26(27-21)28-22(16-8-4-3-5-9-16)20-23(29)17-10-6-7-11-18(17)31-24(20)25(28)30/h3-13,22H,1-2H3. The van der Waals surface area contributed by atoms with Gasteiger partial charge in [0.25, 0.3) is 5.91 Å². The second-order valence-corrected chi connectivity index (χ2v) is 9.09. The highest BCUT2D eigenvalue weighted by atomic mass is 32.1. The number of amides is 1. The van der Waals surface area contributed by atoms with Gasteiger partial charge in [0.1, 0.15) is 5.58 Å². The minimum atomic E-state index is -0.596. The van der Waals surface area contributed by atoms with Crippen molar-refractivity contribution < 1.29 is 9.21 Å². The lowest BCUT2D eigenvalue weighted by atomic mass is 9.99. The van der Waals surface area contributed by atoms with Crippen molar-refractivity contribution in [1.29, 1.82) is 0 Å². The number of hydrogen-bond donors (Lipinski definition) is 0. The lowest BCUT2D eigenvalue weighted by molar-refractivity contribution is 0.0971. The number of nitrogens with zero attached hydrogens (tertiary/aromatic N) is 2. The molecule has 0 radical (unpaired) electrons. The fourth-order valence-corrected chi connectivity index (χ4v) is 5.70. The second-order valence-electron chi connectivity index (χ2n) is 8.08. The van der Waals surface area contributed by atoms with Gasteiger partial charge in [0.15, 0.2) is 10.6 Å². The average Bonchev–Trinajstić information content (AvgIpc) is 3.34. The van der Waals surface area contributed by atoms with Crippen molar-refractivity contribution in [2.24, 2.45) is 0 Å². The first kappa shape index (κ1) is 19.0. The van der Waals surface area contributed by atoms with Crippen LogP contribution in [0.4, 0.5) is 5.13 Å². The molecule has 6 rings (SSSR count). The highest BCUT2D eigenvalue weighted by molar-refractivity contribution is 7.22. The van der Waals surface area contributed by atoms with Gasteiger partial charge in [0, 0.05) is 0 Å². The van der Waals surface area contributed by atoms with Crippen LogP contribution in [0.25, 0.3) is 21.2 Å². The third kappa shape index (κ3) is 2.66. The van der Waals surface area contributed by atoms with Crippen LogP contribution in [-0.2, 0) is 0 Å². The Kier molecular flexibility index (Phi) is 4.07. The maximum atomic E-state index is 13.7. The molecule has 1 aliphatic heterocycles. The first-order chi connectivity index (χ1) is 15.5. The highest BCUT2D eigenvalue weighted by Crippen LogP contribution is 2.44. The summed E-state index contributed by atoms with van der Waals surface area (Å²) in [5.41, 5.74) is 4.51. The van der Waals surface area contributed by atoms with Gasteiger partial charge in [-0.1, -0.05) is 59.9 Å². The van der Waals surface area contributed by atoms with Crippen molar-refractivity contribution in [1.82, 2.24) is 4.98 Å². The van der Waals surface area contributed by atoms with E-state index in [2.05, 4.69) is 12.1 Å². The summed E-state index contributed by atoms with van der Waals surface area (Å²) in [7, 11) is 0. The number of aromatic nitrogens is 1. The number of benzene rings is 3. The highest BCUT2D eigenvalue weighted by Gasteiger charge is 2.44. The Balaban J connectivity index is 1.65. The Morgan fingerprint density at radius 2 is 1.72 bits per heavy atom. The number of fused-ring (bicyclic) bond motifs is 3. The van der Waals surface area contributed by atoms with Crippen LogP contribution in [-0.4, -0.2) is 10.9 Å². The third-order valence-electron chi connectivity index (χ3n) is 5.92. The summed E-state index contributed by atoms with van der Waals surface area (Å²) in [6.07, 6.45) is 0. The number of hydrogen-bond acceptors (Lipinski definition) is 5. The molecule has 1 atom stereocenters. The molecular weight excluding hydrogens is 420 g/mol. The van der Waals surface area contributed by atoms with Crippen LogP contribution < -0.4 is 10.3 Å². The summed E-state index contributed by atoms with van der Waals surface area (Å²) >= 11 is 1.46. The molecule has 5 nitrogen and oxygen atoms in total. The normalized spacial score (nSPS) is 15.6. The molecule has 0 N–H and O–H groups in total. The van der Waals surface area contributed by atoms with E-state index in [9.17, 15) is 9.59 Å². The Morgan fingerprint density at radius 3 is 2.53 bits per heavy atom. The summed E-state index contributed by atoms with van der Waals surface area (Å²) in [5, 5.41) is 1.03. The van der Waals surface area contributed by atoms with Crippen molar-refractivity contribution in [2.45, 2.75) is 19.9 Å². The van der Waals surface area contributed by atoms with E-state index in [1.807, 2.05) is 44.2 Å². The number of anilines is 1. The van der Waals surface area contributed by atoms with Crippen LogP contribution in [0.1, 0.15) is 38.9 Å². The molecular formula is C26H18N2O3S. The van der Waals surface area contributed by atoms with Gasteiger partial charge in [-0.15, -0.1) is 0 Å². The molecule has 5 aromatic rings. The van der Waals surface area contributed by atoms with Gasteiger partial charge in [-0.05, 0) is 48.7 Å².